The van der Waals surface area contributed by atoms with Crippen LogP contribution >= 0.6 is 11.6 Å². The summed E-state index contributed by atoms with van der Waals surface area (Å²) in [4.78, 5) is 41.2. The molecular formula is C19H23ClFN3O3. The van der Waals surface area contributed by atoms with E-state index in [1.165, 1.54) is 12.1 Å². The number of halogens is 2. The summed E-state index contributed by atoms with van der Waals surface area (Å²) >= 11 is 6.04. The van der Waals surface area contributed by atoms with Crippen LogP contribution in [0, 0.1) is 11.7 Å². The second kappa shape index (κ2) is 7.94. The van der Waals surface area contributed by atoms with Crippen LogP contribution in [0.1, 0.15) is 38.2 Å². The topological polar surface area (TPSA) is 60.9 Å². The second-order valence-electron chi connectivity index (χ2n) is 7.38. The Morgan fingerprint density at radius 2 is 1.89 bits per heavy atom. The predicted octanol–water partition coefficient (Wildman–Crippen LogP) is 3.24. The van der Waals surface area contributed by atoms with E-state index in [4.69, 9.17) is 11.6 Å². The van der Waals surface area contributed by atoms with Crippen LogP contribution in [0.4, 0.5) is 9.18 Å². The zero-order valence-electron chi connectivity index (χ0n) is 15.5. The molecule has 1 aromatic carbocycles. The van der Waals surface area contributed by atoms with Crippen molar-refractivity contribution in [3.63, 3.8) is 0 Å². The highest BCUT2D eigenvalue weighted by molar-refractivity contribution is 6.44. The molecule has 8 heteroatoms. The summed E-state index contributed by atoms with van der Waals surface area (Å²) < 4.78 is 14.0. The normalized spacial score (nSPS) is 23.7. The number of benzene rings is 1. The molecule has 27 heavy (non-hydrogen) atoms. The van der Waals surface area contributed by atoms with Crippen LogP contribution in [0.2, 0.25) is 5.02 Å². The third-order valence-corrected chi connectivity index (χ3v) is 5.71. The average Bonchev–Trinajstić information content (AvgIpc) is 2.83. The molecule has 0 N–H and O–H groups in total. The number of hydrogen-bond donors (Lipinski definition) is 0. The lowest BCUT2D eigenvalue weighted by molar-refractivity contribution is -0.145. The van der Waals surface area contributed by atoms with Gasteiger partial charge in [-0.05, 0) is 37.9 Å². The van der Waals surface area contributed by atoms with Crippen LogP contribution in [0.15, 0.2) is 18.2 Å². The van der Waals surface area contributed by atoms with Crippen molar-refractivity contribution in [3.05, 3.63) is 34.6 Å². The van der Waals surface area contributed by atoms with Crippen molar-refractivity contribution >= 4 is 29.4 Å². The van der Waals surface area contributed by atoms with Crippen molar-refractivity contribution in [2.45, 2.75) is 45.2 Å². The molecule has 2 atom stereocenters. The fourth-order valence-corrected chi connectivity index (χ4v) is 4.09. The van der Waals surface area contributed by atoms with Crippen LogP contribution in [0.25, 0.3) is 0 Å². The van der Waals surface area contributed by atoms with Gasteiger partial charge in [0.2, 0.25) is 0 Å². The summed E-state index contributed by atoms with van der Waals surface area (Å²) in [6.07, 6.45) is 3.66. The van der Waals surface area contributed by atoms with Crippen molar-refractivity contribution in [1.29, 1.82) is 0 Å². The summed E-state index contributed by atoms with van der Waals surface area (Å²) in [6, 6.07) is 3.57. The van der Waals surface area contributed by atoms with Crippen LogP contribution in [-0.4, -0.2) is 52.3 Å². The number of nitrogens with zero attached hydrogens (tertiary/aromatic N) is 3. The molecule has 2 fully saturated rings. The largest absolute Gasteiger partial charge is 0.335 e. The molecule has 0 radical (unpaired) electrons. The molecular weight excluding hydrogens is 373 g/mol. The molecule has 146 valence electrons. The van der Waals surface area contributed by atoms with Gasteiger partial charge in [0.25, 0.3) is 0 Å². The first-order valence-corrected chi connectivity index (χ1v) is 9.49. The predicted molar refractivity (Wildman–Crippen MR) is 98.3 cm³/mol. The van der Waals surface area contributed by atoms with Crippen molar-refractivity contribution in [2.75, 3.05) is 13.7 Å². The SMILES string of the molecule is C[C@@H]1CCCC[C@@H]1N1C(=O)C(=O)N(CN(C)Cc2c(F)cccc2Cl)C1=O. The van der Waals surface area contributed by atoms with Gasteiger partial charge >= 0.3 is 17.8 Å². The van der Waals surface area contributed by atoms with Crippen molar-refractivity contribution in [1.82, 2.24) is 14.7 Å². The molecule has 6 nitrogen and oxygen atoms in total. The van der Waals surface area contributed by atoms with Gasteiger partial charge in [0, 0.05) is 23.2 Å². The Balaban J connectivity index is 1.72. The maximum Gasteiger partial charge on any atom is 0.335 e. The van der Waals surface area contributed by atoms with Gasteiger partial charge in [-0.15, -0.1) is 0 Å². The molecule has 1 aliphatic heterocycles. The summed E-state index contributed by atoms with van der Waals surface area (Å²) in [6.45, 7) is 2.01. The lowest BCUT2D eigenvalue weighted by Crippen LogP contribution is -2.46. The van der Waals surface area contributed by atoms with Gasteiger partial charge in [-0.3, -0.25) is 19.4 Å². The van der Waals surface area contributed by atoms with Gasteiger partial charge in [-0.2, -0.15) is 0 Å². The van der Waals surface area contributed by atoms with Gasteiger partial charge in [-0.25, -0.2) is 14.1 Å². The molecule has 0 bridgehead atoms. The zero-order valence-corrected chi connectivity index (χ0v) is 16.2. The number of carbonyl (C=O) groups is 3. The molecule has 1 aromatic rings. The first-order chi connectivity index (χ1) is 12.8. The van der Waals surface area contributed by atoms with Crippen molar-refractivity contribution in [3.8, 4) is 0 Å². The molecule has 0 spiro atoms. The maximum absolute atomic E-state index is 14.0. The third-order valence-electron chi connectivity index (χ3n) is 5.35. The monoisotopic (exact) mass is 395 g/mol. The van der Waals surface area contributed by atoms with E-state index in [0.29, 0.717) is 0 Å². The quantitative estimate of drug-likeness (QED) is 0.567. The van der Waals surface area contributed by atoms with Crippen LogP contribution in [0.3, 0.4) is 0 Å². The third kappa shape index (κ3) is 3.84. The van der Waals surface area contributed by atoms with E-state index in [1.54, 1.807) is 18.0 Å². The standard InChI is InChI=1S/C19H23ClFN3O3/c1-12-6-3-4-9-16(12)24-18(26)17(25)23(19(24)27)11-22(2)10-13-14(20)7-5-8-15(13)21/h5,7-8,12,16H,3-4,6,9-11H2,1-2H3/t12-,16+/m1/s1. The molecule has 4 amide bonds. The highest BCUT2D eigenvalue weighted by Gasteiger charge is 2.49. The molecule has 1 heterocycles. The fourth-order valence-electron chi connectivity index (χ4n) is 3.86. The van der Waals surface area contributed by atoms with E-state index in [9.17, 15) is 18.8 Å². The molecule has 1 aliphatic carbocycles. The fraction of sp³-hybridized carbons (Fsp3) is 0.526. The van der Waals surface area contributed by atoms with Crippen LogP contribution in [0.5, 0.6) is 0 Å². The Labute approximate surface area is 162 Å². The molecule has 0 unspecified atom stereocenters. The number of imide groups is 2. The van der Waals surface area contributed by atoms with Crippen LogP contribution < -0.4 is 0 Å². The lowest BCUT2D eigenvalue weighted by atomic mass is 9.85. The van der Waals surface area contributed by atoms with Gasteiger partial charge in [-0.1, -0.05) is 37.4 Å². The number of carbonyl (C=O) groups excluding carboxylic acids is 3. The first-order valence-electron chi connectivity index (χ1n) is 9.11. The number of hydrogen-bond acceptors (Lipinski definition) is 4. The Bertz CT molecular complexity index is 752. The summed E-state index contributed by atoms with van der Waals surface area (Å²) in [5.74, 6) is -1.88. The van der Waals surface area contributed by atoms with Gasteiger partial charge < -0.3 is 0 Å². The molecule has 3 rings (SSSR count). The minimum Gasteiger partial charge on any atom is -0.284 e. The summed E-state index contributed by atoms with van der Waals surface area (Å²) in [7, 11) is 1.64. The highest BCUT2D eigenvalue weighted by atomic mass is 35.5. The molecule has 2 aliphatic rings. The number of amides is 4. The summed E-state index contributed by atoms with van der Waals surface area (Å²) in [5, 5.41) is 0.273. The maximum atomic E-state index is 14.0. The van der Waals surface area contributed by atoms with E-state index < -0.39 is 23.7 Å². The van der Waals surface area contributed by atoms with Crippen LogP contribution in [-0.2, 0) is 16.1 Å². The first kappa shape index (κ1) is 19.8. The number of rotatable bonds is 5. The van der Waals surface area contributed by atoms with Crippen molar-refractivity contribution in [2.24, 2.45) is 5.92 Å². The highest BCUT2D eigenvalue weighted by Crippen LogP contribution is 2.31. The smallest absolute Gasteiger partial charge is 0.284 e. The Morgan fingerprint density at radius 1 is 1.19 bits per heavy atom. The van der Waals surface area contributed by atoms with E-state index in [2.05, 4.69) is 0 Å². The Kier molecular flexibility index (Phi) is 5.81. The summed E-state index contributed by atoms with van der Waals surface area (Å²) in [5.41, 5.74) is 0.282. The molecule has 0 aromatic heterocycles. The van der Waals surface area contributed by atoms with Crippen molar-refractivity contribution < 1.29 is 18.8 Å². The zero-order chi connectivity index (χ0) is 19.7. The average molecular weight is 396 g/mol. The minimum atomic E-state index is -0.829. The second-order valence-corrected chi connectivity index (χ2v) is 7.78. The van der Waals surface area contributed by atoms with Gasteiger partial charge in [0.15, 0.2) is 0 Å². The molecule has 1 saturated heterocycles. The van der Waals surface area contributed by atoms with Gasteiger partial charge in [0.1, 0.15) is 5.82 Å². The number of urea groups is 1. The van der Waals surface area contributed by atoms with Gasteiger partial charge in [0.05, 0.1) is 6.67 Å². The Morgan fingerprint density at radius 3 is 2.56 bits per heavy atom. The molecule has 1 saturated carbocycles. The minimum absolute atomic E-state index is 0.105. The Hall–Kier alpha value is -1.99. The van der Waals surface area contributed by atoms with E-state index in [0.717, 1.165) is 35.5 Å². The lowest BCUT2D eigenvalue weighted by Gasteiger charge is -2.34. The van der Waals surface area contributed by atoms with E-state index >= 15 is 0 Å². The van der Waals surface area contributed by atoms with E-state index in [-0.39, 0.29) is 35.8 Å². The van der Waals surface area contributed by atoms with E-state index in [1.807, 2.05) is 6.92 Å².